The molecule has 22 heavy (non-hydrogen) atoms. The summed E-state index contributed by atoms with van der Waals surface area (Å²) in [5, 5.41) is 9.11. The molecule has 0 atom stereocenters. The maximum absolute atomic E-state index is 11.4. The lowest BCUT2D eigenvalue weighted by atomic mass is 9.95. The van der Waals surface area contributed by atoms with E-state index in [-0.39, 0.29) is 0 Å². The molecule has 0 bridgehead atoms. The van der Waals surface area contributed by atoms with Crippen LogP contribution in [0.15, 0.2) is 6.07 Å². The number of halogens is 1. The number of nitriles is 1. The topological polar surface area (TPSA) is 40.9 Å². The predicted molar refractivity (Wildman–Crippen MR) is 97.4 cm³/mol. The minimum Gasteiger partial charge on any atom is -0.298 e. The van der Waals surface area contributed by atoms with Gasteiger partial charge in [0, 0.05) is 26.8 Å². The number of aldehydes is 1. The van der Waals surface area contributed by atoms with Crippen molar-refractivity contribution in [2.75, 3.05) is 11.5 Å². The van der Waals surface area contributed by atoms with Crippen molar-refractivity contribution in [1.29, 1.82) is 5.26 Å². The molecule has 2 aromatic heterocycles. The van der Waals surface area contributed by atoms with Crippen LogP contribution in [0.25, 0.3) is 11.1 Å². The predicted octanol–water partition coefficient (Wildman–Crippen LogP) is 5.42. The van der Waals surface area contributed by atoms with E-state index in [2.05, 4.69) is 6.07 Å². The van der Waals surface area contributed by atoms with E-state index < -0.39 is 0 Å². The van der Waals surface area contributed by atoms with Gasteiger partial charge in [0.1, 0.15) is 15.3 Å². The van der Waals surface area contributed by atoms with Crippen LogP contribution in [0.5, 0.6) is 0 Å². The molecule has 0 saturated carbocycles. The van der Waals surface area contributed by atoms with E-state index in [9.17, 15) is 4.79 Å². The van der Waals surface area contributed by atoms with Crippen molar-refractivity contribution in [2.45, 2.75) is 13.8 Å². The zero-order valence-electron chi connectivity index (χ0n) is 12.0. The quantitative estimate of drug-likeness (QED) is 0.681. The number of rotatable bonds is 3. The van der Waals surface area contributed by atoms with E-state index in [0.717, 1.165) is 43.6 Å². The molecule has 1 aliphatic rings. The third kappa shape index (κ3) is 2.55. The van der Waals surface area contributed by atoms with E-state index in [4.69, 9.17) is 16.9 Å². The molecule has 0 fully saturated rings. The van der Waals surface area contributed by atoms with Crippen molar-refractivity contribution in [3.63, 3.8) is 0 Å². The third-order valence-electron chi connectivity index (χ3n) is 3.71. The molecular weight excluding hydrogens is 354 g/mol. The van der Waals surface area contributed by atoms with Gasteiger partial charge in [0.25, 0.3) is 0 Å². The Morgan fingerprint density at radius 3 is 2.59 bits per heavy atom. The first kappa shape index (κ1) is 15.8. The van der Waals surface area contributed by atoms with Crippen LogP contribution >= 0.6 is 46.0 Å². The average molecular weight is 366 g/mol. The van der Waals surface area contributed by atoms with Gasteiger partial charge in [0.15, 0.2) is 6.29 Å². The van der Waals surface area contributed by atoms with Crippen LogP contribution in [0.4, 0.5) is 0 Å². The number of nitrogens with zero attached hydrogens (tertiary/aromatic N) is 1. The number of carbonyl (C=O) groups is 1. The number of thiophene rings is 2. The fourth-order valence-corrected chi connectivity index (χ4v) is 6.09. The van der Waals surface area contributed by atoms with Gasteiger partial charge in [-0.25, -0.2) is 0 Å². The molecule has 0 amide bonds. The fourth-order valence-electron chi connectivity index (χ4n) is 2.74. The molecule has 0 unspecified atom stereocenters. The van der Waals surface area contributed by atoms with Crippen molar-refractivity contribution >= 4 is 63.5 Å². The number of hydrogen-bond acceptors (Lipinski definition) is 5. The van der Waals surface area contributed by atoms with Crippen LogP contribution in [0.3, 0.4) is 0 Å². The molecule has 0 N–H and O–H groups in total. The summed E-state index contributed by atoms with van der Waals surface area (Å²) in [6, 6.07) is 4.18. The summed E-state index contributed by atoms with van der Waals surface area (Å²) in [6.45, 7) is 4.05. The minimum absolute atomic E-state index is 0.561. The van der Waals surface area contributed by atoms with Gasteiger partial charge in [-0.1, -0.05) is 11.6 Å². The molecule has 6 heteroatoms. The Kier molecular flexibility index (Phi) is 4.47. The summed E-state index contributed by atoms with van der Waals surface area (Å²) in [5.41, 5.74) is 5.17. The second kappa shape index (κ2) is 6.21. The molecule has 2 aromatic rings. The summed E-state index contributed by atoms with van der Waals surface area (Å²) in [7, 11) is 0. The van der Waals surface area contributed by atoms with Crippen molar-refractivity contribution in [3.8, 4) is 6.07 Å². The van der Waals surface area contributed by atoms with Crippen LogP contribution in [0.1, 0.15) is 36.1 Å². The van der Waals surface area contributed by atoms with Crippen LogP contribution in [-0.4, -0.2) is 17.8 Å². The van der Waals surface area contributed by atoms with E-state index in [0.29, 0.717) is 9.90 Å². The SMILES string of the molecule is Cc1sc(C#N)cc1C1=C(c2c(C)sc(Cl)c2C=O)CSC1. The standard InChI is InChI=1S/C16H12ClNOS3/c1-8-11(3-10(4-18)21-8)13-6-20-7-14(13)15-9(2)22-16(17)12(15)5-19/h3,5H,6-7H2,1-2H3. The Morgan fingerprint density at radius 1 is 1.23 bits per heavy atom. The minimum atomic E-state index is 0.561. The van der Waals surface area contributed by atoms with Gasteiger partial charge in [-0.15, -0.1) is 22.7 Å². The first-order valence-electron chi connectivity index (χ1n) is 6.62. The van der Waals surface area contributed by atoms with E-state index in [1.807, 2.05) is 31.7 Å². The third-order valence-corrected chi connectivity index (χ3v) is 6.99. The van der Waals surface area contributed by atoms with Gasteiger partial charge in [0.2, 0.25) is 0 Å². The van der Waals surface area contributed by atoms with E-state index in [1.54, 1.807) is 0 Å². The van der Waals surface area contributed by atoms with Gasteiger partial charge in [0.05, 0.1) is 5.56 Å². The van der Waals surface area contributed by atoms with Crippen molar-refractivity contribution in [1.82, 2.24) is 0 Å². The Morgan fingerprint density at radius 2 is 1.95 bits per heavy atom. The number of hydrogen-bond donors (Lipinski definition) is 0. The van der Waals surface area contributed by atoms with Gasteiger partial charge >= 0.3 is 0 Å². The van der Waals surface area contributed by atoms with Gasteiger partial charge < -0.3 is 0 Å². The molecule has 0 aromatic carbocycles. The maximum Gasteiger partial charge on any atom is 0.153 e. The van der Waals surface area contributed by atoms with Gasteiger partial charge in [-0.2, -0.15) is 17.0 Å². The lowest BCUT2D eigenvalue weighted by molar-refractivity contribution is 0.112. The Hall–Kier alpha value is -1.06. The number of carbonyl (C=O) groups excluding carboxylic acids is 1. The molecule has 3 rings (SSSR count). The molecule has 0 saturated heterocycles. The molecule has 112 valence electrons. The second-order valence-corrected chi connectivity index (χ2v) is 9.05. The van der Waals surface area contributed by atoms with Crippen LogP contribution in [0, 0.1) is 25.2 Å². The highest BCUT2D eigenvalue weighted by Gasteiger charge is 2.26. The highest BCUT2D eigenvalue weighted by molar-refractivity contribution is 8.00. The zero-order chi connectivity index (χ0) is 15.9. The first-order chi connectivity index (χ1) is 10.6. The van der Waals surface area contributed by atoms with Gasteiger partial charge in [-0.3, -0.25) is 4.79 Å². The van der Waals surface area contributed by atoms with Crippen LogP contribution in [0.2, 0.25) is 4.34 Å². The van der Waals surface area contributed by atoms with Crippen molar-refractivity contribution < 1.29 is 4.79 Å². The van der Waals surface area contributed by atoms with Crippen molar-refractivity contribution in [2.24, 2.45) is 0 Å². The summed E-state index contributed by atoms with van der Waals surface area (Å²) in [6.07, 6.45) is 0.857. The number of aryl methyl sites for hydroxylation is 2. The lowest BCUT2D eigenvalue weighted by Crippen LogP contribution is -1.94. The van der Waals surface area contributed by atoms with Crippen LogP contribution < -0.4 is 0 Å². The molecule has 2 nitrogen and oxygen atoms in total. The monoisotopic (exact) mass is 365 g/mol. The largest absolute Gasteiger partial charge is 0.298 e. The second-order valence-electron chi connectivity index (χ2n) is 4.98. The molecular formula is C16H12ClNOS3. The molecule has 3 heterocycles. The summed E-state index contributed by atoms with van der Waals surface area (Å²) in [4.78, 5) is 14.4. The summed E-state index contributed by atoms with van der Waals surface area (Å²) >= 11 is 11.0. The Labute approximate surface area is 146 Å². The maximum atomic E-state index is 11.4. The molecule has 0 radical (unpaired) electrons. The molecule has 1 aliphatic heterocycles. The number of thioether (sulfide) groups is 1. The average Bonchev–Trinajstić information content (AvgIpc) is 3.15. The Bertz CT molecular complexity index is 838. The van der Waals surface area contributed by atoms with Crippen molar-refractivity contribution in [3.05, 3.63) is 41.7 Å². The smallest absolute Gasteiger partial charge is 0.153 e. The fraction of sp³-hybridized carbons (Fsp3) is 0.250. The zero-order valence-corrected chi connectivity index (χ0v) is 15.2. The summed E-state index contributed by atoms with van der Waals surface area (Å²) in [5.74, 6) is 1.78. The highest BCUT2D eigenvalue weighted by Crippen LogP contribution is 2.45. The summed E-state index contributed by atoms with van der Waals surface area (Å²) < 4.78 is 0.561. The first-order valence-corrected chi connectivity index (χ1v) is 9.78. The normalized spacial score (nSPS) is 14.5. The van der Waals surface area contributed by atoms with E-state index >= 15 is 0 Å². The van der Waals surface area contributed by atoms with E-state index in [1.165, 1.54) is 33.8 Å². The van der Waals surface area contributed by atoms with Crippen LogP contribution in [-0.2, 0) is 0 Å². The lowest BCUT2D eigenvalue weighted by Gasteiger charge is -2.08. The van der Waals surface area contributed by atoms with Gasteiger partial charge in [-0.05, 0) is 36.6 Å². The molecule has 0 spiro atoms. The molecule has 0 aliphatic carbocycles. The Balaban J connectivity index is 2.22. The highest BCUT2D eigenvalue weighted by atomic mass is 35.5.